The summed E-state index contributed by atoms with van der Waals surface area (Å²) < 4.78 is 9.84. The summed E-state index contributed by atoms with van der Waals surface area (Å²) in [5.74, 6) is 0. The first-order valence-corrected chi connectivity index (χ1v) is 3.33. The van der Waals surface area contributed by atoms with E-state index in [-0.39, 0.29) is 12.9 Å². The van der Waals surface area contributed by atoms with Gasteiger partial charge in [0.05, 0.1) is 0 Å². The summed E-state index contributed by atoms with van der Waals surface area (Å²) in [7, 11) is 3.21. The van der Waals surface area contributed by atoms with E-state index in [4.69, 9.17) is 14.6 Å². The Morgan fingerprint density at radius 1 is 1.40 bits per heavy atom. The van der Waals surface area contributed by atoms with Gasteiger partial charge in [0.25, 0.3) is 0 Å². The Labute approximate surface area is 62.0 Å². The van der Waals surface area contributed by atoms with Gasteiger partial charge in [0.2, 0.25) is 0 Å². The van der Waals surface area contributed by atoms with Crippen LogP contribution >= 0.6 is 0 Å². The van der Waals surface area contributed by atoms with E-state index in [2.05, 4.69) is 0 Å². The maximum Gasteiger partial charge on any atom is 0.156 e. The van der Waals surface area contributed by atoms with Gasteiger partial charge in [-0.05, 0) is 19.3 Å². The fourth-order valence-corrected chi connectivity index (χ4v) is 0.677. The summed E-state index contributed by atoms with van der Waals surface area (Å²) in [5.41, 5.74) is 0. The van der Waals surface area contributed by atoms with Gasteiger partial charge in [-0.15, -0.1) is 0 Å². The quantitative estimate of drug-likeness (QED) is 0.441. The third-order valence-electron chi connectivity index (χ3n) is 1.26. The van der Waals surface area contributed by atoms with Crippen LogP contribution in [0.25, 0.3) is 0 Å². The van der Waals surface area contributed by atoms with E-state index in [0.29, 0.717) is 0 Å². The first kappa shape index (κ1) is 9.88. The van der Waals surface area contributed by atoms with Crippen LogP contribution in [0.5, 0.6) is 0 Å². The molecule has 1 radical (unpaired) electrons. The molecule has 0 aliphatic heterocycles. The average Bonchev–Trinajstić information content (AvgIpc) is 1.99. The molecule has 0 amide bonds. The van der Waals surface area contributed by atoms with Crippen molar-refractivity contribution in [3.8, 4) is 0 Å². The van der Waals surface area contributed by atoms with Crippen molar-refractivity contribution < 1.29 is 14.6 Å². The molecule has 61 valence electrons. The maximum atomic E-state index is 8.39. The summed E-state index contributed by atoms with van der Waals surface area (Å²) in [6.45, 7) is 0.125. The van der Waals surface area contributed by atoms with Crippen molar-refractivity contribution in [2.45, 2.75) is 19.1 Å². The van der Waals surface area contributed by atoms with Gasteiger partial charge < -0.3 is 14.6 Å². The predicted octanol–water partition coefficient (Wildman–Crippen LogP) is 0.582. The third kappa shape index (κ3) is 4.73. The molecule has 0 aliphatic rings. The molecule has 0 atom stereocenters. The van der Waals surface area contributed by atoms with Gasteiger partial charge in [0.1, 0.15) is 0 Å². The summed E-state index contributed by atoms with van der Waals surface area (Å²) in [4.78, 5) is 0. The predicted molar refractivity (Wildman–Crippen MR) is 38.4 cm³/mol. The van der Waals surface area contributed by atoms with Crippen molar-refractivity contribution in [1.29, 1.82) is 0 Å². The second-order valence-electron chi connectivity index (χ2n) is 1.95. The molecule has 1 N–H and O–H groups in total. The van der Waals surface area contributed by atoms with Crippen LogP contribution in [0.4, 0.5) is 0 Å². The Hall–Kier alpha value is -0.120. The summed E-state index contributed by atoms with van der Waals surface area (Å²) in [6.07, 6.45) is 3.27. The van der Waals surface area contributed by atoms with Gasteiger partial charge in [-0.2, -0.15) is 0 Å². The SMILES string of the molecule is COC(CC[CH]CO)OC. The molecule has 0 rings (SSSR count). The minimum Gasteiger partial charge on any atom is -0.396 e. The van der Waals surface area contributed by atoms with Gasteiger partial charge in [-0.3, -0.25) is 0 Å². The summed E-state index contributed by atoms with van der Waals surface area (Å²) >= 11 is 0. The minimum absolute atomic E-state index is 0.125. The second kappa shape index (κ2) is 6.99. The van der Waals surface area contributed by atoms with Crippen LogP contribution in [-0.4, -0.2) is 32.2 Å². The maximum absolute atomic E-state index is 8.39. The fourth-order valence-electron chi connectivity index (χ4n) is 0.677. The van der Waals surface area contributed by atoms with Crippen LogP contribution in [-0.2, 0) is 9.47 Å². The lowest BCUT2D eigenvalue weighted by Crippen LogP contribution is -2.12. The Morgan fingerprint density at radius 2 is 2.00 bits per heavy atom. The number of methoxy groups -OCH3 is 2. The van der Waals surface area contributed by atoms with Crippen molar-refractivity contribution in [3.05, 3.63) is 6.42 Å². The molecule has 3 nitrogen and oxygen atoms in total. The fraction of sp³-hybridized carbons (Fsp3) is 0.857. The molecule has 0 aromatic carbocycles. The molecule has 0 aromatic heterocycles. The molecule has 0 heterocycles. The Bertz CT molecular complexity index is 61.9. The highest BCUT2D eigenvalue weighted by atomic mass is 16.7. The van der Waals surface area contributed by atoms with Gasteiger partial charge >= 0.3 is 0 Å². The lowest BCUT2D eigenvalue weighted by atomic mass is 10.2. The van der Waals surface area contributed by atoms with Crippen molar-refractivity contribution in [3.63, 3.8) is 0 Å². The minimum atomic E-state index is -0.136. The smallest absolute Gasteiger partial charge is 0.156 e. The zero-order valence-electron chi connectivity index (χ0n) is 6.54. The molecular formula is C7H15O3. The first-order chi connectivity index (χ1) is 4.85. The highest BCUT2D eigenvalue weighted by Gasteiger charge is 2.02. The van der Waals surface area contributed by atoms with E-state index < -0.39 is 0 Å². The molecule has 0 aromatic rings. The third-order valence-corrected chi connectivity index (χ3v) is 1.26. The van der Waals surface area contributed by atoms with E-state index in [0.717, 1.165) is 12.8 Å². The Kier molecular flexibility index (Phi) is 6.91. The number of ether oxygens (including phenoxy) is 2. The van der Waals surface area contributed by atoms with Crippen molar-refractivity contribution in [1.82, 2.24) is 0 Å². The van der Waals surface area contributed by atoms with Gasteiger partial charge in [0, 0.05) is 20.8 Å². The summed E-state index contributed by atoms with van der Waals surface area (Å²) in [6, 6.07) is 0. The van der Waals surface area contributed by atoms with E-state index in [1.165, 1.54) is 0 Å². The lowest BCUT2D eigenvalue weighted by molar-refractivity contribution is -0.106. The van der Waals surface area contributed by atoms with E-state index in [1.807, 2.05) is 0 Å². The van der Waals surface area contributed by atoms with Gasteiger partial charge in [-0.25, -0.2) is 0 Å². The first-order valence-electron chi connectivity index (χ1n) is 3.33. The molecule has 0 fully saturated rings. The van der Waals surface area contributed by atoms with Crippen molar-refractivity contribution >= 4 is 0 Å². The zero-order chi connectivity index (χ0) is 7.82. The van der Waals surface area contributed by atoms with E-state index in [9.17, 15) is 0 Å². The largest absolute Gasteiger partial charge is 0.396 e. The van der Waals surface area contributed by atoms with Crippen LogP contribution in [0, 0.1) is 6.42 Å². The van der Waals surface area contributed by atoms with E-state index >= 15 is 0 Å². The molecule has 0 spiro atoms. The topological polar surface area (TPSA) is 38.7 Å². The molecule has 0 saturated carbocycles. The number of unbranched alkanes of at least 4 members (excludes halogenated alkanes) is 1. The second-order valence-corrected chi connectivity index (χ2v) is 1.95. The van der Waals surface area contributed by atoms with Gasteiger partial charge in [-0.1, -0.05) is 0 Å². The molecule has 10 heavy (non-hydrogen) atoms. The van der Waals surface area contributed by atoms with Crippen LogP contribution in [0.1, 0.15) is 12.8 Å². The molecule has 0 unspecified atom stereocenters. The average molecular weight is 147 g/mol. The number of aliphatic hydroxyl groups excluding tert-OH is 1. The van der Waals surface area contributed by atoms with Crippen LogP contribution in [0.3, 0.4) is 0 Å². The van der Waals surface area contributed by atoms with Crippen LogP contribution in [0.2, 0.25) is 0 Å². The molecule has 0 bridgehead atoms. The van der Waals surface area contributed by atoms with Crippen molar-refractivity contribution in [2.24, 2.45) is 0 Å². The number of aliphatic hydroxyl groups is 1. The molecular weight excluding hydrogens is 132 g/mol. The molecule has 0 aliphatic carbocycles. The Morgan fingerprint density at radius 3 is 2.40 bits per heavy atom. The number of hydrogen-bond acceptors (Lipinski definition) is 3. The summed E-state index contributed by atoms with van der Waals surface area (Å²) in [5, 5.41) is 8.39. The van der Waals surface area contributed by atoms with Gasteiger partial charge in [0.15, 0.2) is 6.29 Å². The normalized spacial score (nSPS) is 10.8. The lowest BCUT2D eigenvalue weighted by Gasteiger charge is -2.11. The van der Waals surface area contributed by atoms with E-state index in [1.54, 1.807) is 20.6 Å². The monoisotopic (exact) mass is 147 g/mol. The molecule has 0 saturated heterocycles. The molecule has 3 heteroatoms. The highest BCUT2D eigenvalue weighted by molar-refractivity contribution is 4.62. The standard InChI is InChI=1S/C7H15O3/c1-9-7(10-2)5-3-4-6-8/h4,7-8H,3,5-6H2,1-2H3. The highest BCUT2D eigenvalue weighted by Crippen LogP contribution is 2.02. The van der Waals surface area contributed by atoms with Crippen LogP contribution in [0.15, 0.2) is 0 Å². The van der Waals surface area contributed by atoms with Crippen molar-refractivity contribution in [2.75, 3.05) is 20.8 Å². The van der Waals surface area contributed by atoms with Crippen LogP contribution < -0.4 is 0 Å². The number of hydrogen-bond donors (Lipinski definition) is 1. The Balaban J connectivity index is 3.09. The number of rotatable bonds is 6. The zero-order valence-corrected chi connectivity index (χ0v) is 6.54.